The van der Waals surface area contributed by atoms with Gasteiger partial charge in [-0.15, -0.1) is 0 Å². The molecule has 3 N–H and O–H groups in total. The lowest BCUT2D eigenvalue weighted by molar-refractivity contribution is 1.09. The van der Waals surface area contributed by atoms with Crippen LogP contribution in [0.15, 0.2) is 30.9 Å². The monoisotopic (exact) mass is 239 g/mol. The van der Waals surface area contributed by atoms with E-state index in [-0.39, 0.29) is 0 Å². The Labute approximate surface area is 104 Å². The standard InChI is InChI=1S/C13H13N5/c1-2-9(1)18-12-10-3-4-14-13(10)15-7-11(12)8-5-16-17-6-8/h3-7,9H,1-2H2,(H,16,17)(H2,14,15,18). The number of pyridine rings is 1. The van der Waals surface area contributed by atoms with Gasteiger partial charge in [0.1, 0.15) is 5.65 Å². The average Bonchev–Trinajstić information content (AvgIpc) is 2.90. The fourth-order valence-electron chi connectivity index (χ4n) is 2.21. The van der Waals surface area contributed by atoms with Gasteiger partial charge in [0.05, 0.1) is 11.9 Å². The van der Waals surface area contributed by atoms with Crippen LogP contribution in [0.1, 0.15) is 12.8 Å². The molecule has 0 radical (unpaired) electrons. The number of hydrogen-bond donors (Lipinski definition) is 3. The molecule has 18 heavy (non-hydrogen) atoms. The van der Waals surface area contributed by atoms with Crippen molar-refractivity contribution >= 4 is 16.7 Å². The molecular formula is C13H13N5. The predicted molar refractivity (Wildman–Crippen MR) is 70.3 cm³/mol. The molecule has 0 aromatic carbocycles. The molecule has 3 aromatic rings. The van der Waals surface area contributed by atoms with E-state index >= 15 is 0 Å². The minimum atomic E-state index is 0.608. The molecule has 0 atom stereocenters. The normalized spacial score (nSPS) is 15.1. The zero-order valence-corrected chi connectivity index (χ0v) is 9.77. The third-order valence-corrected chi connectivity index (χ3v) is 3.32. The summed E-state index contributed by atoms with van der Waals surface area (Å²) in [6.45, 7) is 0. The highest BCUT2D eigenvalue weighted by Crippen LogP contribution is 2.36. The Morgan fingerprint density at radius 3 is 3.00 bits per heavy atom. The highest BCUT2D eigenvalue weighted by atomic mass is 15.1. The number of rotatable bonds is 3. The summed E-state index contributed by atoms with van der Waals surface area (Å²) in [5.74, 6) is 0. The van der Waals surface area contributed by atoms with Gasteiger partial charge in [0.25, 0.3) is 0 Å². The number of aromatic nitrogens is 4. The van der Waals surface area contributed by atoms with Gasteiger partial charge < -0.3 is 10.3 Å². The van der Waals surface area contributed by atoms with Crippen LogP contribution >= 0.6 is 0 Å². The first kappa shape index (κ1) is 9.70. The fourth-order valence-corrected chi connectivity index (χ4v) is 2.21. The highest BCUT2D eigenvalue weighted by molar-refractivity contribution is 5.98. The third-order valence-electron chi connectivity index (χ3n) is 3.32. The molecule has 4 rings (SSSR count). The van der Waals surface area contributed by atoms with Gasteiger partial charge in [0.2, 0.25) is 0 Å². The largest absolute Gasteiger partial charge is 0.381 e. The molecule has 0 spiro atoms. The van der Waals surface area contributed by atoms with Crippen LogP contribution in [0.25, 0.3) is 22.2 Å². The number of H-pyrrole nitrogens is 2. The minimum absolute atomic E-state index is 0.608. The van der Waals surface area contributed by atoms with E-state index < -0.39 is 0 Å². The maximum absolute atomic E-state index is 4.45. The van der Waals surface area contributed by atoms with Crippen LogP contribution in [-0.2, 0) is 0 Å². The van der Waals surface area contributed by atoms with Crippen molar-refractivity contribution in [1.82, 2.24) is 20.2 Å². The molecule has 0 aliphatic heterocycles. The summed E-state index contributed by atoms with van der Waals surface area (Å²) in [5, 5.41) is 11.6. The molecule has 0 saturated heterocycles. The van der Waals surface area contributed by atoms with E-state index in [1.54, 1.807) is 0 Å². The second-order valence-electron chi connectivity index (χ2n) is 4.69. The van der Waals surface area contributed by atoms with Gasteiger partial charge in [-0.05, 0) is 18.9 Å². The van der Waals surface area contributed by atoms with Gasteiger partial charge in [-0.25, -0.2) is 4.98 Å². The molecule has 3 heterocycles. The van der Waals surface area contributed by atoms with Gasteiger partial charge in [-0.3, -0.25) is 5.10 Å². The smallest absolute Gasteiger partial charge is 0.139 e. The zero-order valence-electron chi connectivity index (χ0n) is 9.77. The first-order valence-corrected chi connectivity index (χ1v) is 6.13. The van der Waals surface area contributed by atoms with Crippen molar-refractivity contribution in [3.05, 3.63) is 30.9 Å². The zero-order chi connectivity index (χ0) is 11.9. The van der Waals surface area contributed by atoms with Crippen molar-refractivity contribution in [3.63, 3.8) is 0 Å². The van der Waals surface area contributed by atoms with E-state index in [1.165, 1.54) is 12.8 Å². The molecule has 5 nitrogen and oxygen atoms in total. The Balaban J connectivity index is 1.94. The van der Waals surface area contributed by atoms with Crippen molar-refractivity contribution < 1.29 is 0 Å². The third kappa shape index (κ3) is 1.48. The number of nitrogens with zero attached hydrogens (tertiary/aromatic N) is 2. The second-order valence-corrected chi connectivity index (χ2v) is 4.69. The number of aromatic amines is 2. The molecule has 1 aliphatic carbocycles. The molecule has 0 bridgehead atoms. The molecular weight excluding hydrogens is 226 g/mol. The molecule has 90 valence electrons. The molecule has 3 aromatic heterocycles. The molecule has 1 saturated carbocycles. The maximum atomic E-state index is 4.45. The predicted octanol–water partition coefficient (Wildman–Crippen LogP) is 2.53. The Hall–Kier alpha value is -2.30. The second kappa shape index (κ2) is 3.60. The highest BCUT2D eigenvalue weighted by Gasteiger charge is 2.23. The summed E-state index contributed by atoms with van der Waals surface area (Å²) < 4.78 is 0. The topological polar surface area (TPSA) is 69.4 Å². The van der Waals surface area contributed by atoms with Crippen molar-refractivity contribution in [1.29, 1.82) is 0 Å². The van der Waals surface area contributed by atoms with E-state index in [0.29, 0.717) is 6.04 Å². The van der Waals surface area contributed by atoms with Crippen molar-refractivity contribution in [2.75, 3.05) is 5.32 Å². The van der Waals surface area contributed by atoms with Crippen LogP contribution in [0.4, 0.5) is 5.69 Å². The Bertz CT molecular complexity index is 679. The van der Waals surface area contributed by atoms with Gasteiger partial charge in [0, 0.05) is 41.1 Å². The molecule has 1 aliphatic rings. The van der Waals surface area contributed by atoms with E-state index in [2.05, 4.69) is 31.5 Å². The van der Waals surface area contributed by atoms with E-state index in [4.69, 9.17) is 0 Å². The van der Waals surface area contributed by atoms with Crippen LogP contribution in [0.2, 0.25) is 0 Å². The molecule has 1 fully saturated rings. The van der Waals surface area contributed by atoms with Crippen molar-refractivity contribution in [2.45, 2.75) is 18.9 Å². The van der Waals surface area contributed by atoms with Gasteiger partial charge >= 0.3 is 0 Å². The minimum Gasteiger partial charge on any atom is -0.381 e. The molecule has 5 heteroatoms. The molecule has 0 amide bonds. The van der Waals surface area contributed by atoms with Crippen molar-refractivity contribution in [2.24, 2.45) is 0 Å². The van der Waals surface area contributed by atoms with Crippen molar-refractivity contribution in [3.8, 4) is 11.1 Å². The van der Waals surface area contributed by atoms with Crippen LogP contribution in [0.5, 0.6) is 0 Å². The summed E-state index contributed by atoms with van der Waals surface area (Å²) in [7, 11) is 0. The van der Waals surface area contributed by atoms with E-state index in [9.17, 15) is 0 Å². The summed E-state index contributed by atoms with van der Waals surface area (Å²) >= 11 is 0. The first-order chi connectivity index (χ1) is 8.92. The van der Waals surface area contributed by atoms with Gasteiger partial charge in [0.15, 0.2) is 0 Å². The summed E-state index contributed by atoms with van der Waals surface area (Å²) in [4.78, 5) is 7.60. The number of anilines is 1. The SMILES string of the molecule is c1cc2c(NC3CC3)c(-c3cn[nH]c3)cnc2[nH]1. The van der Waals surface area contributed by atoms with E-state index in [1.807, 2.05) is 24.8 Å². The maximum Gasteiger partial charge on any atom is 0.139 e. The first-order valence-electron chi connectivity index (χ1n) is 6.13. The van der Waals surface area contributed by atoms with Crippen LogP contribution < -0.4 is 5.32 Å². The fraction of sp³-hybridized carbons (Fsp3) is 0.231. The Morgan fingerprint density at radius 2 is 2.22 bits per heavy atom. The Kier molecular flexibility index (Phi) is 1.94. The Morgan fingerprint density at radius 1 is 1.28 bits per heavy atom. The lowest BCUT2D eigenvalue weighted by Gasteiger charge is -2.11. The lowest BCUT2D eigenvalue weighted by atomic mass is 10.1. The van der Waals surface area contributed by atoms with Crippen LogP contribution in [0, 0.1) is 0 Å². The number of nitrogens with one attached hydrogen (secondary N) is 3. The van der Waals surface area contributed by atoms with Gasteiger partial charge in [-0.2, -0.15) is 5.10 Å². The summed E-state index contributed by atoms with van der Waals surface area (Å²) in [6, 6.07) is 2.67. The van der Waals surface area contributed by atoms with Gasteiger partial charge in [-0.1, -0.05) is 0 Å². The molecule has 0 unspecified atom stereocenters. The van der Waals surface area contributed by atoms with Crippen LogP contribution in [-0.4, -0.2) is 26.2 Å². The lowest BCUT2D eigenvalue weighted by Crippen LogP contribution is -2.03. The number of fused-ring (bicyclic) bond motifs is 1. The summed E-state index contributed by atoms with van der Waals surface area (Å²) in [5.41, 5.74) is 4.24. The summed E-state index contributed by atoms with van der Waals surface area (Å²) in [6.07, 6.45) is 10.0. The van der Waals surface area contributed by atoms with Crippen LogP contribution in [0.3, 0.4) is 0 Å². The number of hydrogen-bond acceptors (Lipinski definition) is 3. The quantitative estimate of drug-likeness (QED) is 0.657. The average molecular weight is 239 g/mol. The van der Waals surface area contributed by atoms with E-state index in [0.717, 1.165) is 27.8 Å².